The van der Waals surface area contributed by atoms with E-state index in [1.165, 1.54) is 5.56 Å². The number of imidazole rings is 1. The summed E-state index contributed by atoms with van der Waals surface area (Å²) >= 11 is 0. The molecule has 1 amide bonds. The molecule has 1 heterocycles. The molecular weight excluding hydrogens is 250 g/mol. The third-order valence-corrected chi connectivity index (χ3v) is 3.16. The fourth-order valence-corrected chi connectivity index (χ4v) is 1.98. The van der Waals surface area contributed by atoms with E-state index in [4.69, 9.17) is 0 Å². The molecule has 0 aliphatic carbocycles. The molecule has 0 bridgehead atoms. The number of nitrogens with zero attached hydrogens (tertiary/aromatic N) is 2. The minimum atomic E-state index is -0.138. The lowest BCUT2D eigenvalue weighted by Gasteiger charge is -2.08. The Kier molecular flexibility index (Phi) is 4.35. The number of hydrogen-bond acceptors (Lipinski definition) is 2. The van der Waals surface area contributed by atoms with Crippen LogP contribution in [0.25, 0.3) is 0 Å². The zero-order valence-corrected chi connectivity index (χ0v) is 11.9. The van der Waals surface area contributed by atoms with Crippen LogP contribution in [0.5, 0.6) is 0 Å². The molecule has 1 aromatic carbocycles. The lowest BCUT2D eigenvalue weighted by atomic mass is 10.1. The van der Waals surface area contributed by atoms with Crippen LogP contribution in [0, 0.1) is 0 Å². The molecule has 2 aromatic rings. The lowest BCUT2D eigenvalue weighted by Crippen LogP contribution is -2.24. The van der Waals surface area contributed by atoms with Crippen LogP contribution in [-0.4, -0.2) is 15.5 Å². The van der Waals surface area contributed by atoms with Crippen LogP contribution in [0.2, 0.25) is 0 Å². The highest BCUT2D eigenvalue weighted by Crippen LogP contribution is 2.13. The highest BCUT2D eigenvalue weighted by molar-refractivity contribution is 5.91. The largest absolute Gasteiger partial charge is 0.347 e. The number of rotatable bonds is 5. The highest BCUT2D eigenvalue weighted by atomic mass is 16.1. The van der Waals surface area contributed by atoms with Crippen molar-refractivity contribution in [2.45, 2.75) is 19.9 Å². The van der Waals surface area contributed by atoms with Crippen LogP contribution in [0.15, 0.2) is 48.8 Å². The Hall–Kier alpha value is -2.36. The molecule has 0 spiro atoms. The van der Waals surface area contributed by atoms with Crippen molar-refractivity contribution in [3.63, 3.8) is 0 Å². The van der Waals surface area contributed by atoms with Gasteiger partial charge in [0.05, 0.1) is 18.6 Å². The van der Waals surface area contributed by atoms with Gasteiger partial charge < -0.3 is 9.88 Å². The summed E-state index contributed by atoms with van der Waals surface area (Å²) in [4.78, 5) is 15.9. The molecule has 4 nitrogen and oxygen atoms in total. The fraction of sp³-hybridized carbons (Fsp3) is 0.250. The predicted octanol–water partition coefficient (Wildman–Crippen LogP) is 2.20. The summed E-state index contributed by atoms with van der Waals surface area (Å²) in [6.07, 6.45) is 2.58. The molecule has 0 atom stereocenters. The second-order valence-corrected chi connectivity index (χ2v) is 4.87. The number of nitrogens with one attached hydrogen (secondary N) is 1. The Morgan fingerprint density at radius 3 is 2.70 bits per heavy atom. The average Bonchev–Trinajstić information content (AvgIpc) is 2.78. The lowest BCUT2D eigenvalue weighted by molar-refractivity contribution is -0.117. The Morgan fingerprint density at radius 2 is 2.05 bits per heavy atom. The number of aryl methyl sites for hydroxylation is 1. The van der Waals surface area contributed by atoms with Gasteiger partial charge in [-0.3, -0.25) is 4.79 Å². The number of hydrogen-bond donors (Lipinski definition) is 1. The zero-order valence-electron chi connectivity index (χ0n) is 11.9. The normalized spacial score (nSPS) is 10.3. The molecule has 1 aromatic heterocycles. The summed E-state index contributed by atoms with van der Waals surface area (Å²) in [7, 11) is 1.97. The first-order chi connectivity index (χ1) is 9.58. The van der Waals surface area contributed by atoms with Crippen molar-refractivity contribution in [1.82, 2.24) is 14.9 Å². The van der Waals surface area contributed by atoms with Gasteiger partial charge in [-0.25, -0.2) is 4.98 Å². The molecule has 104 valence electrons. The maximum absolute atomic E-state index is 11.5. The van der Waals surface area contributed by atoms with Crippen LogP contribution >= 0.6 is 0 Å². The van der Waals surface area contributed by atoms with E-state index in [2.05, 4.69) is 29.0 Å². The van der Waals surface area contributed by atoms with E-state index < -0.39 is 0 Å². The predicted molar refractivity (Wildman–Crippen MR) is 79.1 cm³/mol. The molecule has 4 heteroatoms. The van der Waals surface area contributed by atoms with Crippen molar-refractivity contribution in [1.29, 1.82) is 0 Å². The summed E-state index contributed by atoms with van der Waals surface area (Å²) in [5, 5.41) is 2.82. The maximum atomic E-state index is 11.5. The Bertz CT molecular complexity index is 614. The fourth-order valence-electron chi connectivity index (χ4n) is 1.98. The van der Waals surface area contributed by atoms with Gasteiger partial charge in [-0.15, -0.1) is 0 Å². The van der Waals surface area contributed by atoms with Crippen molar-refractivity contribution in [2.24, 2.45) is 7.05 Å². The summed E-state index contributed by atoms with van der Waals surface area (Å²) in [5.74, 6) is -0.138. The van der Waals surface area contributed by atoms with E-state index >= 15 is 0 Å². The molecule has 0 radical (unpaired) electrons. The van der Waals surface area contributed by atoms with Gasteiger partial charge in [0.1, 0.15) is 0 Å². The van der Waals surface area contributed by atoms with Gasteiger partial charge in [-0.05, 0) is 12.5 Å². The first-order valence-corrected chi connectivity index (χ1v) is 6.54. The molecule has 1 N–H and O–H groups in total. The van der Waals surface area contributed by atoms with Crippen LogP contribution < -0.4 is 5.32 Å². The number of carbonyl (C=O) groups excluding carboxylic acids is 1. The van der Waals surface area contributed by atoms with Gasteiger partial charge in [0.25, 0.3) is 0 Å². The van der Waals surface area contributed by atoms with Gasteiger partial charge in [0, 0.05) is 24.7 Å². The third-order valence-electron chi connectivity index (χ3n) is 3.16. The van der Waals surface area contributed by atoms with Gasteiger partial charge >= 0.3 is 0 Å². The highest BCUT2D eigenvalue weighted by Gasteiger charge is 2.11. The van der Waals surface area contributed by atoms with Crippen molar-refractivity contribution < 1.29 is 4.79 Å². The van der Waals surface area contributed by atoms with E-state index in [9.17, 15) is 4.79 Å². The summed E-state index contributed by atoms with van der Waals surface area (Å²) in [6, 6.07) is 10.2. The van der Waals surface area contributed by atoms with Crippen LogP contribution in [0.1, 0.15) is 23.9 Å². The zero-order chi connectivity index (χ0) is 14.5. The van der Waals surface area contributed by atoms with Crippen LogP contribution in [0.4, 0.5) is 0 Å². The van der Waals surface area contributed by atoms with Crippen LogP contribution in [-0.2, 0) is 24.8 Å². The Balaban J connectivity index is 2.11. The molecule has 0 fully saturated rings. The maximum Gasteiger partial charge on any atom is 0.246 e. The van der Waals surface area contributed by atoms with E-state index in [-0.39, 0.29) is 5.91 Å². The van der Waals surface area contributed by atoms with Crippen LogP contribution in [0.3, 0.4) is 0 Å². The molecule has 0 aliphatic rings. The van der Waals surface area contributed by atoms with Gasteiger partial charge in [-0.2, -0.15) is 0 Å². The molecule has 0 unspecified atom stereocenters. The molecular formula is C16H19N3O. The topological polar surface area (TPSA) is 46.9 Å². The second kappa shape index (κ2) is 6.19. The first kappa shape index (κ1) is 14.1. The summed E-state index contributed by atoms with van der Waals surface area (Å²) < 4.78 is 2.00. The van der Waals surface area contributed by atoms with Crippen molar-refractivity contribution >= 4 is 5.91 Å². The first-order valence-electron chi connectivity index (χ1n) is 6.54. The molecule has 0 aliphatic heterocycles. The standard InChI is InChI=1S/C16H19N3O/c1-12(2)16(20)17-10-14-15(19(3)11-18-14)9-13-7-5-4-6-8-13/h4-8,11H,1,9-10H2,2-3H3,(H,17,20). The van der Waals surface area contributed by atoms with E-state index in [1.807, 2.05) is 29.8 Å². The third kappa shape index (κ3) is 3.35. The monoisotopic (exact) mass is 269 g/mol. The van der Waals surface area contributed by atoms with Crippen molar-refractivity contribution in [2.75, 3.05) is 0 Å². The minimum Gasteiger partial charge on any atom is -0.347 e. The molecule has 0 saturated heterocycles. The molecule has 20 heavy (non-hydrogen) atoms. The second-order valence-electron chi connectivity index (χ2n) is 4.87. The summed E-state index contributed by atoms with van der Waals surface area (Å²) in [6.45, 7) is 5.74. The Labute approximate surface area is 119 Å². The SMILES string of the molecule is C=C(C)C(=O)NCc1ncn(C)c1Cc1ccccc1. The van der Waals surface area contributed by atoms with Gasteiger partial charge in [0.15, 0.2) is 0 Å². The van der Waals surface area contributed by atoms with Crippen molar-refractivity contribution in [3.05, 3.63) is 65.8 Å². The van der Waals surface area contributed by atoms with E-state index in [0.29, 0.717) is 12.1 Å². The quantitative estimate of drug-likeness (QED) is 0.846. The average molecular weight is 269 g/mol. The van der Waals surface area contributed by atoms with Gasteiger partial charge in [0.2, 0.25) is 5.91 Å². The molecule has 0 saturated carbocycles. The number of carbonyl (C=O) groups is 1. The van der Waals surface area contributed by atoms with Crippen molar-refractivity contribution in [3.8, 4) is 0 Å². The molecule has 2 rings (SSSR count). The van der Waals surface area contributed by atoms with Gasteiger partial charge in [-0.1, -0.05) is 36.9 Å². The van der Waals surface area contributed by atoms with E-state index in [1.54, 1.807) is 13.3 Å². The Morgan fingerprint density at radius 1 is 1.35 bits per heavy atom. The number of amides is 1. The summed E-state index contributed by atoms with van der Waals surface area (Å²) in [5.41, 5.74) is 3.73. The number of benzene rings is 1. The number of aromatic nitrogens is 2. The van der Waals surface area contributed by atoms with E-state index in [0.717, 1.165) is 17.8 Å². The smallest absolute Gasteiger partial charge is 0.246 e. The minimum absolute atomic E-state index is 0.138.